The van der Waals surface area contributed by atoms with Gasteiger partial charge in [-0.05, 0) is 12.1 Å². The monoisotopic (exact) mass is 281 g/mol. The Morgan fingerprint density at radius 1 is 1.40 bits per heavy atom. The molecular formula is C12H11NO7. The van der Waals surface area contributed by atoms with Crippen LogP contribution in [-0.4, -0.2) is 50.8 Å². The summed E-state index contributed by atoms with van der Waals surface area (Å²) in [5.74, 6) is -3.92. The van der Waals surface area contributed by atoms with Crippen molar-refractivity contribution in [3.63, 3.8) is 0 Å². The molecule has 2 heterocycles. The maximum absolute atomic E-state index is 11.9. The van der Waals surface area contributed by atoms with E-state index in [1.165, 1.54) is 18.4 Å². The van der Waals surface area contributed by atoms with Crippen LogP contribution in [-0.2, 0) is 14.4 Å². The molecule has 0 saturated carbocycles. The van der Waals surface area contributed by atoms with E-state index in [-0.39, 0.29) is 5.76 Å². The van der Waals surface area contributed by atoms with Crippen LogP contribution in [0.25, 0.3) is 0 Å². The van der Waals surface area contributed by atoms with E-state index in [0.717, 1.165) is 0 Å². The van der Waals surface area contributed by atoms with E-state index in [1.807, 2.05) is 0 Å². The fourth-order valence-corrected chi connectivity index (χ4v) is 1.99. The van der Waals surface area contributed by atoms with Gasteiger partial charge in [-0.2, -0.15) is 0 Å². The molecule has 8 heteroatoms. The van der Waals surface area contributed by atoms with Gasteiger partial charge in [0.25, 0.3) is 5.91 Å². The molecule has 8 nitrogen and oxygen atoms in total. The fourth-order valence-electron chi connectivity index (χ4n) is 1.99. The number of aliphatic carboxylic acids is 1. The van der Waals surface area contributed by atoms with Crippen LogP contribution < -0.4 is 0 Å². The summed E-state index contributed by atoms with van der Waals surface area (Å²) in [5.41, 5.74) is -2.29. The highest BCUT2D eigenvalue weighted by molar-refractivity contribution is 6.12. The third-order valence-electron chi connectivity index (χ3n) is 2.93. The maximum atomic E-state index is 11.9. The predicted octanol–water partition coefficient (Wildman–Crippen LogP) is -0.573. The summed E-state index contributed by atoms with van der Waals surface area (Å²) >= 11 is 0. The third-order valence-corrected chi connectivity index (χ3v) is 2.93. The van der Waals surface area contributed by atoms with E-state index >= 15 is 0 Å². The van der Waals surface area contributed by atoms with Crippen LogP contribution in [0.4, 0.5) is 0 Å². The van der Waals surface area contributed by atoms with Crippen LogP contribution in [0.15, 0.2) is 22.8 Å². The Balaban J connectivity index is 2.13. The second kappa shape index (κ2) is 4.89. The summed E-state index contributed by atoms with van der Waals surface area (Å²) in [6.45, 7) is -0.590. The molecule has 1 aliphatic heterocycles. The molecule has 1 unspecified atom stereocenters. The number of furan rings is 1. The molecule has 0 aromatic carbocycles. The third kappa shape index (κ3) is 2.45. The Morgan fingerprint density at radius 3 is 2.65 bits per heavy atom. The minimum Gasteiger partial charge on any atom is -0.481 e. The van der Waals surface area contributed by atoms with Crippen molar-refractivity contribution in [1.29, 1.82) is 0 Å². The number of hydrogen-bond acceptors (Lipinski definition) is 6. The van der Waals surface area contributed by atoms with Crippen molar-refractivity contribution >= 4 is 23.6 Å². The van der Waals surface area contributed by atoms with Gasteiger partial charge in [-0.3, -0.25) is 24.1 Å². The molecule has 0 bridgehead atoms. The Morgan fingerprint density at radius 2 is 2.10 bits per heavy atom. The van der Waals surface area contributed by atoms with E-state index in [0.29, 0.717) is 4.90 Å². The molecule has 0 aliphatic carbocycles. The number of carbonyl (C=O) groups excluding carboxylic acids is 3. The van der Waals surface area contributed by atoms with Gasteiger partial charge in [0.1, 0.15) is 0 Å². The zero-order valence-electron chi connectivity index (χ0n) is 10.2. The summed E-state index contributed by atoms with van der Waals surface area (Å²) in [7, 11) is 0. The molecule has 2 amide bonds. The van der Waals surface area contributed by atoms with Gasteiger partial charge < -0.3 is 14.6 Å². The number of carbonyl (C=O) groups is 4. The van der Waals surface area contributed by atoms with Gasteiger partial charge in [0.15, 0.2) is 11.4 Å². The summed E-state index contributed by atoms with van der Waals surface area (Å²) < 4.78 is 4.84. The maximum Gasteiger partial charge on any atom is 0.306 e. The van der Waals surface area contributed by atoms with Gasteiger partial charge in [-0.25, -0.2) is 0 Å². The summed E-state index contributed by atoms with van der Waals surface area (Å²) in [6.07, 6.45) is -0.270. The number of ketones is 1. The minimum atomic E-state index is -2.29. The number of carboxylic acids is 1. The van der Waals surface area contributed by atoms with Gasteiger partial charge in [-0.1, -0.05) is 0 Å². The number of aliphatic hydroxyl groups is 1. The van der Waals surface area contributed by atoms with Crippen molar-refractivity contribution in [2.45, 2.75) is 18.4 Å². The Labute approximate surface area is 112 Å². The predicted molar refractivity (Wildman–Crippen MR) is 61.6 cm³/mol. The zero-order chi connectivity index (χ0) is 14.9. The standard InChI is InChI=1S/C12H11NO7/c14-7(8-2-1-3-20-8)6-13-9(15)4-12(19,11(13)18)5-10(16)17/h1-3,19H,4-6H2,(H,16,17). The van der Waals surface area contributed by atoms with Crippen molar-refractivity contribution in [1.82, 2.24) is 4.90 Å². The average molecular weight is 281 g/mol. The van der Waals surface area contributed by atoms with E-state index in [9.17, 15) is 24.3 Å². The number of rotatable bonds is 5. The first kappa shape index (κ1) is 13.9. The molecule has 2 N–H and O–H groups in total. The number of amides is 2. The molecule has 1 fully saturated rings. The number of Topliss-reactive ketones (excluding diaryl/α,β-unsaturated/α-hetero) is 1. The van der Waals surface area contributed by atoms with Gasteiger partial charge in [0.2, 0.25) is 11.7 Å². The van der Waals surface area contributed by atoms with Crippen molar-refractivity contribution in [2.24, 2.45) is 0 Å². The lowest BCUT2D eigenvalue weighted by atomic mass is 9.98. The Bertz CT molecular complexity index is 577. The van der Waals surface area contributed by atoms with E-state index in [2.05, 4.69) is 0 Å². The van der Waals surface area contributed by atoms with Crippen LogP contribution in [0.3, 0.4) is 0 Å². The lowest BCUT2D eigenvalue weighted by molar-refractivity contribution is -0.153. The van der Waals surface area contributed by atoms with Crippen molar-refractivity contribution in [3.05, 3.63) is 24.2 Å². The zero-order valence-corrected chi connectivity index (χ0v) is 10.2. The molecule has 1 aromatic heterocycles. The normalized spacial score (nSPS) is 22.4. The number of nitrogens with zero attached hydrogens (tertiary/aromatic N) is 1. The average Bonchev–Trinajstić information content (AvgIpc) is 2.92. The largest absolute Gasteiger partial charge is 0.481 e. The number of carboxylic acid groups (broad SMARTS) is 1. The Hall–Kier alpha value is -2.48. The molecule has 0 radical (unpaired) electrons. The number of hydrogen-bond donors (Lipinski definition) is 2. The highest BCUT2D eigenvalue weighted by atomic mass is 16.4. The van der Waals surface area contributed by atoms with Crippen LogP contribution in [0, 0.1) is 0 Å². The van der Waals surface area contributed by atoms with Crippen LogP contribution in [0.2, 0.25) is 0 Å². The summed E-state index contributed by atoms with van der Waals surface area (Å²) in [6, 6.07) is 2.85. The molecule has 2 rings (SSSR count). The van der Waals surface area contributed by atoms with Crippen LogP contribution in [0.5, 0.6) is 0 Å². The number of likely N-dealkylation sites (tertiary alicyclic amines) is 1. The summed E-state index contributed by atoms with van der Waals surface area (Å²) in [4.78, 5) is 46.4. The number of imide groups is 1. The summed E-state index contributed by atoms with van der Waals surface area (Å²) in [5, 5.41) is 18.5. The highest BCUT2D eigenvalue weighted by Crippen LogP contribution is 2.27. The highest BCUT2D eigenvalue weighted by Gasteiger charge is 2.52. The lowest BCUT2D eigenvalue weighted by Gasteiger charge is -2.18. The molecule has 1 atom stereocenters. The lowest BCUT2D eigenvalue weighted by Crippen LogP contribution is -2.43. The van der Waals surface area contributed by atoms with Gasteiger partial charge in [-0.15, -0.1) is 0 Å². The van der Waals surface area contributed by atoms with E-state index < -0.39 is 48.6 Å². The Kier molecular flexibility index (Phi) is 3.41. The molecular weight excluding hydrogens is 270 g/mol. The van der Waals surface area contributed by atoms with Gasteiger partial charge in [0, 0.05) is 0 Å². The fraction of sp³-hybridized carbons (Fsp3) is 0.333. The molecule has 1 aliphatic rings. The molecule has 1 saturated heterocycles. The molecule has 106 valence electrons. The molecule has 0 spiro atoms. The quantitative estimate of drug-likeness (QED) is 0.546. The van der Waals surface area contributed by atoms with Gasteiger partial charge in [0.05, 0.1) is 25.6 Å². The van der Waals surface area contributed by atoms with Crippen molar-refractivity contribution in [2.75, 3.05) is 6.54 Å². The first-order valence-corrected chi connectivity index (χ1v) is 5.69. The van der Waals surface area contributed by atoms with E-state index in [4.69, 9.17) is 9.52 Å². The molecule has 20 heavy (non-hydrogen) atoms. The van der Waals surface area contributed by atoms with Crippen molar-refractivity contribution < 1.29 is 33.8 Å². The first-order valence-electron chi connectivity index (χ1n) is 5.69. The van der Waals surface area contributed by atoms with Gasteiger partial charge >= 0.3 is 5.97 Å². The van der Waals surface area contributed by atoms with E-state index in [1.54, 1.807) is 0 Å². The topological polar surface area (TPSA) is 125 Å². The second-order valence-corrected chi connectivity index (χ2v) is 4.46. The van der Waals surface area contributed by atoms with Crippen LogP contribution >= 0.6 is 0 Å². The minimum absolute atomic E-state index is 0.0284. The first-order chi connectivity index (χ1) is 9.33. The SMILES string of the molecule is O=C(O)CC1(O)CC(=O)N(CC(=O)c2ccco2)C1=O. The smallest absolute Gasteiger partial charge is 0.306 e. The molecule has 1 aromatic rings. The second-order valence-electron chi connectivity index (χ2n) is 4.46. The van der Waals surface area contributed by atoms with Crippen LogP contribution in [0.1, 0.15) is 23.4 Å². The van der Waals surface area contributed by atoms with Crippen molar-refractivity contribution in [3.8, 4) is 0 Å².